The fraction of sp³-hybridized carbons (Fsp3) is 0.625. The van der Waals surface area contributed by atoms with Crippen LogP contribution in [0.3, 0.4) is 0 Å². The van der Waals surface area contributed by atoms with Gasteiger partial charge in [0, 0.05) is 17.1 Å². The first-order chi connectivity index (χ1) is 9.15. The highest BCUT2D eigenvalue weighted by atomic mass is 79.9. The van der Waals surface area contributed by atoms with Gasteiger partial charge in [0.05, 0.1) is 0 Å². The summed E-state index contributed by atoms with van der Waals surface area (Å²) in [6.45, 7) is 5.15. The van der Waals surface area contributed by atoms with Crippen LogP contribution in [0, 0.1) is 6.92 Å². The third-order valence-corrected chi connectivity index (χ3v) is 4.66. The average Bonchev–Trinajstić information content (AvgIpc) is 2.42. The SMILES string of the molecule is Cc1cc(OC(C)CNC2CCCCC2)ccc1Br. The molecule has 0 spiro atoms. The van der Waals surface area contributed by atoms with Crippen LogP contribution in [0.15, 0.2) is 22.7 Å². The van der Waals surface area contributed by atoms with Crippen molar-refractivity contribution in [3.05, 3.63) is 28.2 Å². The Morgan fingerprint density at radius 3 is 2.74 bits per heavy atom. The Balaban J connectivity index is 1.76. The largest absolute Gasteiger partial charge is 0.489 e. The van der Waals surface area contributed by atoms with Gasteiger partial charge >= 0.3 is 0 Å². The summed E-state index contributed by atoms with van der Waals surface area (Å²) in [5, 5.41) is 3.63. The van der Waals surface area contributed by atoms with Crippen LogP contribution in [0.2, 0.25) is 0 Å². The molecule has 1 aliphatic carbocycles. The van der Waals surface area contributed by atoms with Gasteiger partial charge in [0.1, 0.15) is 11.9 Å². The van der Waals surface area contributed by atoms with Crippen molar-refractivity contribution in [2.75, 3.05) is 6.54 Å². The molecule has 19 heavy (non-hydrogen) atoms. The molecule has 1 N–H and O–H groups in total. The van der Waals surface area contributed by atoms with Gasteiger partial charge in [-0.05, 0) is 50.5 Å². The third kappa shape index (κ3) is 4.81. The summed E-state index contributed by atoms with van der Waals surface area (Å²) in [6.07, 6.45) is 7.01. The standard InChI is InChI=1S/C16H24BrNO/c1-12-10-15(8-9-16(12)17)19-13(2)11-18-14-6-4-3-5-7-14/h8-10,13-14,18H,3-7,11H2,1-2H3. The normalized spacial score (nSPS) is 18.3. The molecule has 2 rings (SSSR count). The maximum absolute atomic E-state index is 5.96. The molecule has 0 heterocycles. The molecule has 1 fully saturated rings. The molecule has 1 aliphatic rings. The molecule has 0 saturated heterocycles. The molecule has 1 unspecified atom stereocenters. The van der Waals surface area contributed by atoms with E-state index in [1.807, 2.05) is 12.1 Å². The highest BCUT2D eigenvalue weighted by Gasteiger charge is 2.14. The van der Waals surface area contributed by atoms with Crippen LogP contribution in [0.5, 0.6) is 5.75 Å². The molecule has 3 heteroatoms. The predicted molar refractivity (Wildman–Crippen MR) is 83.8 cm³/mol. The summed E-state index contributed by atoms with van der Waals surface area (Å²) < 4.78 is 7.09. The molecule has 0 amide bonds. The zero-order valence-corrected chi connectivity index (χ0v) is 13.5. The summed E-state index contributed by atoms with van der Waals surface area (Å²) >= 11 is 3.51. The minimum atomic E-state index is 0.211. The molecular weight excluding hydrogens is 302 g/mol. The lowest BCUT2D eigenvalue weighted by Crippen LogP contribution is -2.37. The quantitative estimate of drug-likeness (QED) is 0.863. The highest BCUT2D eigenvalue weighted by molar-refractivity contribution is 9.10. The van der Waals surface area contributed by atoms with E-state index >= 15 is 0 Å². The first kappa shape index (κ1) is 14.9. The first-order valence-corrected chi connectivity index (χ1v) is 8.10. The Labute approximate surface area is 125 Å². The van der Waals surface area contributed by atoms with Gasteiger partial charge in [0.15, 0.2) is 0 Å². The summed E-state index contributed by atoms with van der Waals surface area (Å²) in [5.74, 6) is 0.957. The van der Waals surface area contributed by atoms with Gasteiger partial charge in [-0.15, -0.1) is 0 Å². The van der Waals surface area contributed by atoms with Gasteiger partial charge in [0.25, 0.3) is 0 Å². The molecule has 0 aliphatic heterocycles. The van der Waals surface area contributed by atoms with Crippen molar-refractivity contribution >= 4 is 15.9 Å². The number of hydrogen-bond donors (Lipinski definition) is 1. The highest BCUT2D eigenvalue weighted by Crippen LogP contribution is 2.22. The van der Waals surface area contributed by atoms with Gasteiger partial charge in [-0.1, -0.05) is 35.2 Å². The first-order valence-electron chi connectivity index (χ1n) is 7.31. The Hall–Kier alpha value is -0.540. The van der Waals surface area contributed by atoms with E-state index in [9.17, 15) is 0 Å². The monoisotopic (exact) mass is 325 g/mol. The lowest BCUT2D eigenvalue weighted by molar-refractivity contribution is 0.205. The summed E-state index contributed by atoms with van der Waals surface area (Å²) in [6, 6.07) is 6.85. The van der Waals surface area contributed by atoms with E-state index < -0.39 is 0 Å². The Morgan fingerprint density at radius 1 is 1.32 bits per heavy atom. The van der Waals surface area contributed by atoms with Crippen molar-refractivity contribution in [2.45, 2.75) is 58.1 Å². The van der Waals surface area contributed by atoms with Crippen LogP contribution < -0.4 is 10.1 Å². The van der Waals surface area contributed by atoms with Crippen LogP contribution in [-0.2, 0) is 0 Å². The molecule has 0 bridgehead atoms. The van der Waals surface area contributed by atoms with Crippen LogP contribution in [0.4, 0.5) is 0 Å². The molecule has 106 valence electrons. The number of benzene rings is 1. The van der Waals surface area contributed by atoms with Crippen molar-refractivity contribution in [3.63, 3.8) is 0 Å². The Bertz CT molecular complexity index is 402. The number of aryl methyl sites for hydroxylation is 1. The molecule has 2 nitrogen and oxygen atoms in total. The van der Waals surface area contributed by atoms with E-state index in [0.717, 1.165) is 16.8 Å². The minimum absolute atomic E-state index is 0.211. The summed E-state index contributed by atoms with van der Waals surface area (Å²) in [5.41, 5.74) is 1.21. The fourth-order valence-electron chi connectivity index (χ4n) is 2.60. The van der Waals surface area contributed by atoms with Crippen LogP contribution in [-0.4, -0.2) is 18.7 Å². The zero-order valence-electron chi connectivity index (χ0n) is 11.9. The number of ether oxygens (including phenoxy) is 1. The maximum Gasteiger partial charge on any atom is 0.120 e. The van der Waals surface area contributed by atoms with Gasteiger partial charge < -0.3 is 10.1 Å². The van der Waals surface area contributed by atoms with Crippen molar-refractivity contribution < 1.29 is 4.74 Å². The minimum Gasteiger partial charge on any atom is -0.489 e. The van der Waals surface area contributed by atoms with Crippen molar-refractivity contribution in [3.8, 4) is 5.75 Å². The molecule has 0 radical (unpaired) electrons. The second-order valence-electron chi connectivity index (χ2n) is 5.58. The van der Waals surface area contributed by atoms with Crippen molar-refractivity contribution in [2.24, 2.45) is 0 Å². The van der Waals surface area contributed by atoms with Gasteiger partial charge in [-0.3, -0.25) is 0 Å². The van der Waals surface area contributed by atoms with E-state index in [-0.39, 0.29) is 6.10 Å². The van der Waals surface area contributed by atoms with Crippen LogP contribution in [0.1, 0.15) is 44.6 Å². The summed E-state index contributed by atoms with van der Waals surface area (Å²) in [4.78, 5) is 0. The fourth-order valence-corrected chi connectivity index (χ4v) is 2.85. The van der Waals surface area contributed by atoms with E-state index in [2.05, 4.69) is 41.2 Å². The second kappa shape index (κ2) is 7.30. The van der Waals surface area contributed by atoms with Crippen LogP contribution in [0.25, 0.3) is 0 Å². The maximum atomic E-state index is 5.96. The molecule has 0 aromatic heterocycles. The van der Waals surface area contributed by atoms with Crippen LogP contribution >= 0.6 is 15.9 Å². The number of halogens is 1. The molecule has 1 atom stereocenters. The van der Waals surface area contributed by atoms with E-state index in [0.29, 0.717) is 6.04 Å². The molecule has 1 aromatic rings. The van der Waals surface area contributed by atoms with Gasteiger partial charge in [-0.25, -0.2) is 0 Å². The average molecular weight is 326 g/mol. The number of nitrogens with one attached hydrogen (secondary N) is 1. The van der Waals surface area contributed by atoms with Crippen molar-refractivity contribution in [1.82, 2.24) is 5.32 Å². The topological polar surface area (TPSA) is 21.3 Å². The van der Waals surface area contributed by atoms with Gasteiger partial charge in [0.2, 0.25) is 0 Å². The predicted octanol–water partition coefficient (Wildman–Crippen LogP) is 4.45. The molecular formula is C16H24BrNO. The lowest BCUT2D eigenvalue weighted by atomic mass is 9.95. The van der Waals surface area contributed by atoms with Crippen molar-refractivity contribution in [1.29, 1.82) is 0 Å². The van der Waals surface area contributed by atoms with E-state index in [1.54, 1.807) is 0 Å². The second-order valence-corrected chi connectivity index (χ2v) is 6.44. The smallest absolute Gasteiger partial charge is 0.120 e. The third-order valence-electron chi connectivity index (χ3n) is 3.77. The lowest BCUT2D eigenvalue weighted by Gasteiger charge is -2.25. The summed E-state index contributed by atoms with van der Waals surface area (Å²) in [7, 11) is 0. The number of rotatable bonds is 5. The number of hydrogen-bond acceptors (Lipinski definition) is 2. The molecule has 1 saturated carbocycles. The zero-order chi connectivity index (χ0) is 13.7. The molecule has 1 aromatic carbocycles. The van der Waals surface area contributed by atoms with E-state index in [1.165, 1.54) is 37.7 Å². The Kier molecular flexibility index (Phi) is 5.71. The van der Waals surface area contributed by atoms with Gasteiger partial charge in [-0.2, -0.15) is 0 Å². The van der Waals surface area contributed by atoms with E-state index in [4.69, 9.17) is 4.74 Å². The Morgan fingerprint density at radius 2 is 2.05 bits per heavy atom.